The van der Waals surface area contributed by atoms with E-state index >= 15 is 0 Å². The lowest BCUT2D eigenvalue weighted by atomic mass is 10.1. The van der Waals surface area contributed by atoms with Crippen LogP contribution in [0.4, 0.5) is 0 Å². The maximum atomic E-state index is 11.6. The van der Waals surface area contributed by atoms with Crippen LogP contribution in [-0.4, -0.2) is 5.16 Å². The molecule has 0 aliphatic rings. The summed E-state index contributed by atoms with van der Waals surface area (Å²) in [6.07, 6.45) is 4.11. The van der Waals surface area contributed by atoms with E-state index in [1.54, 1.807) is 0 Å². The Balaban J connectivity index is 2.24. The SMILES string of the molecule is CCCCCc1no[n+]([O-])c1-c1ccccc1. The average Bonchev–Trinajstić information content (AvgIpc) is 2.72. The zero-order valence-electron chi connectivity index (χ0n) is 9.93. The number of rotatable bonds is 5. The quantitative estimate of drug-likeness (QED) is 0.588. The van der Waals surface area contributed by atoms with Gasteiger partial charge in [0.2, 0.25) is 11.4 Å². The van der Waals surface area contributed by atoms with Gasteiger partial charge in [0.15, 0.2) is 0 Å². The lowest BCUT2D eigenvalue weighted by Crippen LogP contribution is -2.25. The fraction of sp³-hybridized carbons (Fsp3) is 0.385. The lowest BCUT2D eigenvalue weighted by molar-refractivity contribution is -0.793. The first-order valence-electron chi connectivity index (χ1n) is 5.97. The molecule has 4 heteroatoms. The fourth-order valence-corrected chi connectivity index (χ4v) is 1.85. The van der Waals surface area contributed by atoms with E-state index < -0.39 is 0 Å². The van der Waals surface area contributed by atoms with E-state index in [9.17, 15) is 5.21 Å². The molecule has 0 saturated carbocycles. The number of aryl methyl sites for hydroxylation is 1. The van der Waals surface area contributed by atoms with E-state index in [1.165, 1.54) is 0 Å². The van der Waals surface area contributed by atoms with E-state index in [0.717, 1.165) is 36.9 Å². The third-order valence-electron chi connectivity index (χ3n) is 2.75. The minimum Gasteiger partial charge on any atom is -0.359 e. The van der Waals surface area contributed by atoms with Gasteiger partial charge in [0.1, 0.15) is 0 Å². The van der Waals surface area contributed by atoms with Crippen LogP contribution in [0, 0.1) is 5.21 Å². The van der Waals surface area contributed by atoms with Crippen molar-refractivity contribution in [1.29, 1.82) is 0 Å². The van der Waals surface area contributed by atoms with Gasteiger partial charge >= 0.3 is 0 Å². The molecule has 0 N–H and O–H groups in total. The van der Waals surface area contributed by atoms with Crippen LogP contribution < -0.4 is 4.90 Å². The van der Waals surface area contributed by atoms with Crippen molar-refractivity contribution in [3.05, 3.63) is 41.2 Å². The third-order valence-corrected chi connectivity index (χ3v) is 2.75. The van der Waals surface area contributed by atoms with Crippen LogP contribution in [0.5, 0.6) is 0 Å². The molecule has 1 heterocycles. The minimum absolute atomic E-state index is 0.497. The highest BCUT2D eigenvalue weighted by Crippen LogP contribution is 2.20. The van der Waals surface area contributed by atoms with Gasteiger partial charge in [-0.05, 0) is 11.3 Å². The Labute approximate surface area is 100 Å². The summed E-state index contributed by atoms with van der Waals surface area (Å²) >= 11 is 0. The molecule has 1 aromatic carbocycles. The molecular weight excluding hydrogens is 216 g/mol. The van der Waals surface area contributed by atoms with Gasteiger partial charge in [0.05, 0.1) is 0 Å². The third kappa shape index (κ3) is 2.64. The van der Waals surface area contributed by atoms with Gasteiger partial charge < -0.3 is 5.21 Å². The lowest BCUT2D eigenvalue weighted by Gasteiger charge is -1.98. The van der Waals surface area contributed by atoms with Gasteiger partial charge in [-0.15, -0.1) is 0 Å². The van der Waals surface area contributed by atoms with Gasteiger partial charge in [0.25, 0.3) is 0 Å². The average molecular weight is 232 g/mol. The Morgan fingerprint density at radius 2 is 2.00 bits per heavy atom. The Bertz CT molecular complexity index is 466. The van der Waals surface area contributed by atoms with Crippen LogP contribution in [0.1, 0.15) is 31.9 Å². The number of benzene rings is 1. The molecule has 0 spiro atoms. The highest BCUT2D eigenvalue weighted by Gasteiger charge is 2.19. The Morgan fingerprint density at radius 3 is 2.71 bits per heavy atom. The summed E-state index contributed by atoms with van der Waals surface area (Å²) in [7, 11) is 0. The molecule has 0 aliphatic carbocycles. The molecule has 0 fully saturated rings. The Hall–Kier alpha value is -1.84. The maximum Gasteiger partial charge on any atom is 0.228 e. The van der Waals surface area contributed by atoms with Crippen molar-refractivity contribution < 1.29 is 9.53 Å². The molecule has 0 bridgehead atoms. The molecule has 4 nitrogen and oxygen atoms in total. The summed E-state index contributed by atoms with van der Waals surface area (Å²) in [5, 5.41) is 15.4. The number of aromatic nitrogens is 2. The van der Waals surface area contributed by atoms with E-state index in [1.807, 2.05) is 30.3 Å². The first kappa shape index (κ1) is 11.6. The zero-order chi connectivity index (χ0) is 12.1. The second-order valence-electron chi connectivity index (χ2n) is 4.05. The van der Waals surface area contributed by atoms with Gasteiger partial charge in [-0.2, -0.15) is 0 Å². The molecule has 2 aromatic rings. The van der Waals surface area contributed by atoms with E-state index in [4.69, 9.17) is 4.63 Å². The molecule has 0 saturated heterocycles. The van der Waals surface area contributed by atoms with Crippen LogP contribution in [0.2, 0.25) is 0 Å². The predicted octanol–water partition coefficient (Wildman–Crippen LogP) is 2.71. The summed E-state index contributed by atoms with van der Waals surface area (Å²) in [5.41, 5.74) is 2.15. The molecule has 1 aromatic heterocycles. The van der Waals surface area contributed by atoms with Crippen LogP contribution in [0.3, 0.4) is 0 Å². The highest BCUT2D eigenvalue weighted by molar-refractivity contribution is 5.58. The molecule has 2 rings (SSSR count). The molecule has 17 heavy (non-hydrogen) atoms. The van der Waals surface area contributed by atoms with Crippen LogP contribution in [0.25, 0.3) is 11.3 Å². The molecule has 90 valence electrons. The number of unbranched alkanes of at least 4 members (excludes halogenated alkanes) is 2. The van der Waals surface area contributed by atoms with Crippen molar-refractivity contribution in [3.63, 3.8) is 0 Å². The van der Waals surface area contributed by atoms with Crippen molar-refractivity contribution in [2.75, 3.05) is 0 Å². The van der Waals surface area contributed by atoms with Gasteiger partial charge in [-0.1, -0.05) is 50.1 Å². The molecular formula is C13H16N2O2. The van der Waals surface area contributed by atoms with Gasteiger partial charge in [-0.3, -0.25) is 4.63 Å². The van der Waals surface area contributed by atoms with Crippen molar-refractivity contribution in [1.82, 2.24) is 5.16 Å². The van der Waals surface area contributed by atoms with Crippen molar-refractivity contribution in [2.24, 2.45) is 0 Å². The number of nitrogens with zero attached hydrogens (tertiary/aromatic N) is 2. The largest absolute Gasteiger partial charge is 0.359 e. The Morgan fingerprint density at radius 1 is 1.24 bits per heavy atom. The monoisotopic (exact) mass is 232 g/mol. The number of hydrogen-bond donors (Lipinski definition) is 0. The standard InChI is InChI=1S/C13H16N2O2/c1-2-3-5-10-12-13(15(16)17-14-12)11-8-6-4-7-9-11/h4,6-9H,2-3,5,10H2,1H3. The number of hydrogen-bond acceptors (Lipinski definition) is 3. The predicted molar refractivity (Wildman–Crippen MR) is 64.1 cm³/mol. The molecule has 0 amide bonds. The second-order valence-corrected chi connectivity index (χ2v) is 4.05. The normalized spacial score (nSPS) is 10.6. The molecule has 0 unspecified atom stereocenters. The highest BCUT2D eigenvalue weighted by atomic mass is 16.8. The smallest absolute Gasteiger partial charge is 0.228 e. The zero-order valence-corrected chi connectivity index (χ0v) is 9.93. The second kappa shape index (κ2) is 5.48. The first-order valence-corrected chi connectivity index (χ1v) is 5.97. The Kier molecular flexibility index (Phi) is 3.75. The van der Waals surface area contributed by atoms with Crippen LogP contribution in [0.15, 0.2) is 35.0 Å². The van der Waals surface area contributed by atoms with E-state index in [2.05, 4.69) is 12.1 Å². The summed E-state index contributed by atoms with van der Waals surface area (Å²) in [4.78, 5) is 0.497. The minimum atomic E-state index is 0.497. The molecule has 0 radical (unpaired) electrons. The first-order chi connectivity index (χ1) is 8.33. The summed E-state index contributed by atoms with van der Waals surface area (Å²) in [5.74, 6) is 0. The van der Waals surface area contributed by atoms with E-state index in [-0.39, 0.29) is 0 Å². The molecule has 0 atom stereocenters. The topological polar surface area (TPSA) is 53.0 Å². The maximum absolute atomic E-state index is 11.6. The molecule has 0 aliphatic heterocycles. The van der Waals surface area contributed by atoms with Crippen molar-refractivity contribution >= 4 is 0 Å². The summed E-state index contributed by atoms with van der Waals surface area (Å²) in [6, 6.07) is 9.51. The fourth-order valence-electron chi connectivity index (χ4n) is 1.85. The summed E-state index contributed by atoms with van der Waals surface area (Å²) < 4.78 is 4.69. The summed E-state index contributed by atoms with van der Waals surface area (Å²) in [6.45, 7) is 2.15. The van der Waals surface area contributed by atoms with Crippen LogP contribution >= 0.6 is 0 Å². The van der Waals surface area contributed by atoms with Gasteiger partial charge in [0, 0.05) is 17.1 Å². The van der Waals surface area contributed by atoms with Crippen molar-refractivity contribution in [3.8, 4) is 11.3 Å². The van der Waals surface area contributed by atoms with Crippen LogP contribution in [-0.2, 0) is 6.42 Å². The van der Waals surface area contributed by atoms with Crippen molar-refractivity contribution in [2.45, 2.75) is 32.6 Å². The van der Waals surface area contributed by atoms with E-state index in [0.29, 0.717) is 10.6 Å². The van der Waals surface area contributed by atoms with Gasteiger partial charge in [-0.25, -0.2) is 0 Å².